The SMILES string of the molecule is CC(=O)O/N=C1\CCCC([Si](C)(C)C)C1C. The minimum Gasteiger partial charge on any atom is -0.319 e. The summed E-state index contributed by atoms with van der Waals surface area (Å²) in [4.78, 5) is 15.5. The van der Waals surface area contributed by atoms with Gasteiger partial charge >= 0.3 is 5.97 Å². The molecule has 0 saturated heterocycles. The van der Waals surface area contributed by atoms with Crippen LogP contribution in [-0.2, 0) is 9.63 Å². The summed E-state index contributed by atoms with van der Waals surface area (Å²) in [6, 6.07) is 0. The molecule has 92 valence electrons. The molecule has 3 nitrogen and oxygen atoms in total. The van der Waals surface area contributed by atoms with Crippen LogP contribution in [0, 0.1) is 5.92 Å². The molecule has 1 aliphatic carbocycles. The van der Waals surface area contributed by atoms with Crippen LogP contribution in [-0.4, -0.2) is 19.8 Å². The lowest BCUT2D eigenvalue weighted by molar-refractivity contribution is -0.141. The van der Waals surface area contributed by atoms with Crippen LogP contribution in [0.25, 0.3) is 0 Å². The minimum atomic E-state index is -1.14. The van der Waals surface area contributed by atoms with Gasteiger partial charge in [0.05, 0.1) is 5.71 Å². The van der Waals surface area contributed by atoms with Crippen LogP contribution < -0.4 is 0 Å². The smallest absolute Gasteiger partial charge is 0.319 e. The zero-order valence-electron chi connectivity index (χ0n) is 11.0. The van der Waals surface area contributed by atoms with Gasteiger partial charge in [-0.3, -0.25) is 0 Å². The monoisotopic (exact) mass is 241 g/mol. The maximum absolute atomic E-state index is 10.8. The van der Waals surface area contributed by atoms with E-state index in [1.807, 2.05) is 0 Å². The molecule has 0 aliphatic heterocycles. The molecule has 1 fully saturated rings. The van der Waals surface area contributed by atoms with Gasteiger partial charge in [0.1, 0.15) is 0 Å². The zero-order chi connectivity index (χ0) is 12.3. The highest BCUT2D eigenvalue weighted by Gasteiger charge is 2.36. The zero-order valence-corrected chi connectivity index (χ0v) is 12.0. The van der Waals surface area contributed by atoms with Gasteiger partial charge in [0.2, 0.25) is 0 Å². The van der Waals surface area contributed by atoms with Crippen LogP contribution in [0.3, 0.4) is 0 Å². The summed E-state index contributed by atoms with van der Waals surface area (Å²) in [7, 11) is -1.14. The third-order valence-electron chi connectivity index (χ3n) is 3.48. The predicted octanol–water partition coefficient (Wildman–Crippen LogP) is 3.43. The summed E-state index contributed by atoms with van der Waals surface area (Å²) >= 11 is 0. The van der Waals surface area contributed by atoms with E-state index < -0.39 is 8.07 Å². The molecule has 16 heavy (non-hydrogen) atoms. The number of oxime groups is 1. The number of carbonyl (C=O) groups excluding carboxylic acids is 1. The van der Waals surface area contributed by atoms with Crippen molar-refractivity contribution >= 4 is 19.8 Å². The molecule has 0 amide bonds. The molecule has 0 heterocycles. The molecule has 2 atom stereocenters. The van der Waals surface area contributed by atoms with Gasteiger partial charge in [0.15, 0.2) is 0 Å². The van der Waals surface area contributed by atoms with E-state index in [-0.39, 0.29) is 5.97 Å². The molecule has 0 spiro atoms. The highest BCUT2D eigenvalue weighted by molar-refractivity contribution is 6.77. The summed E-state index contributed by atoms with van der Waals surface area (Å²) in [6.45, 7) is 10.8. The molecule has 1 aliphatic rings. The van der Waals surface area contributed by atoms with Crippen LogP contribution >= 0.6 is 0 Å². The molecule has 4 heteroatoms. The fraction of sp³-hybridized carbons (Fsp3) is 0.833. The Bertz CT molecular complexity index is 294. The van der Waals surface area contributed by atoms with Gasteiger partial charge in [0.25, 0.3) is 0 Å². The number of hydrogen-bond donors (Lipinski definition) is 0. The van der Waals surface area contributed by atoms with Crippen molar-refractivity contribution in [3.8, 4) is 0 Å². The maximum atomic E-state index is 10.8. The Hall–Kier alpha value is -0.643. The fourth-order valence-electron chi connectivity index (χ4n) is 2.65. The standard InChI is InChI=1S/C12H23NO2Si/c1-9-11(13-15-10(2)14)7-6-8-12(9)16(3,4)5/h9,12H,6-8H2,1-5H3/b13-11+. The third-order valence-corrected chi connectivity index (χ3v) is 6.49. The van der Waals surface area contributed by atoms with Crippen molar-refractivity contribution in [1.82, 2.24) is 0 Å². The van der Waals surface area contributed by atoms with Crippen molar-refractivity contribution in [1.29, 1.82) is 0 Å². The van der Waals surface area contributed by atoms with Gasteiger partial charge < -0.3 is 4.84 Å². The molecule has 0 aromatic carbocycles. The summed E-state index contributed by atoms with van der Waals surface area (Å²) in [5.41, 5.74) is 1.84. The topological polar surface area (TPSA) is 38.7 Å². The first kappa shape index (κ1) is 13.4. The largest absolute Gasteiger partial charge is 0.331 e. The second-order valence-corrected chi connectivity index (χ2v) is 11.3. The van der Waals surface area contributed by atoms with Gasteiger partial charge in [-0.1, -0.05) is 38.1 Å². The highest BCUT2D eigenvalue weighted by Crippen LogP contribution is 2.40. The first-order chi connectivity index (χ1) is 7.32. The first-order valence-corrected chi connectivity index (χ1v) is 9.64. The van der Waals surface area contributed by atoms with E-state index in [2.05, 4.69) is 31.7 Å². The van der Waals surface area contributed by atoms with E-state index in [4.69, 9.17) is 4.84 Å². The van der Waals surface area contributed by atoms with Gasteiger partial charge in [0, 0.05) is 15.0 Å². The van der Waals surface area contributed by atoms with E-state index in [1.165, 1.54) is 19.8 Å². The van der Waals surface area contributed by atoms with Crippen molar-refractivity contribution in [2.75, 3.05) is 0 Å². The van der Waals surface area contributed by atoms with E-state index >= 15 is 0 Å². The summed E-state index contributed by atoms with van der Waals surface area (Å²) in [5, 5.41) is 4.02. The molecule has 0 radical (unpaired) electrons. The Balaban J connectivity index is 2.75. The molecular weight excluding hydrogens is 218 g/mol. The van der Waals surface area contributed by atoms with Crippen molar-refractivity contribution in [2.45, 2.75) is 58.3 Å². The molecule has 0 N–H and O–H groups in total. The second kappa shape index (κ2) is 5.12. The van der Waals surface area contributed by atoms with Crippen LogP contribution in [0.4, 0.5) is 0 Å². The molecule has 0 aromatic heterocycles. The Morgan fingerprint density at radius 3 is 2.56 bits per heavy atom. The lowest BCUT2D eigenvalue weighted by Gasteiger charge is -2.37. The molecule has 1 rings (SSSR count). The summed E-state index contributed by atoms with van der Waals surface area (Å²) in [5.74, 6) is 0.148. The van der Waals surface area contributed by atoms with Gasteiger partial charge in [-0.25, -0.2) is 4.79 Å². The summed E-state index contributed by atoms with van der Waals surface area (Å²) < 4.78 is 0. The average Bonchev–Trinajstić information content (AvgIpc) is 2.14. The number of rotatable bonds is 2. The van der Waals surface area contributed by atoms with E-state index in [0.717, 1.165) is 17.7 Å². The van der Waals surface area contributed by atoms with Crippen molar-refractivity contribution in [3.05, 3.63) is 0 Å². The second-order valence-electron chi connectivity index (χ2n) is 5.82. The molecule has 0 bridgehead atoms. The summed E-state index contributed by atoms with van der Waals surface area (Å²) in [6.07, 6.45) is 3.46. The van der Waals surface area contributed by atoms with Crippen LogP contribution in [0.2, 0.25) is 25.2 Å². The Labute approximate surface area is 99.3 Å². The normalized spacial score (nSPS) is 29.2. The van der Waals surface area contributed by atoms with Gasteiger partial charge in [-0.05, 0) is 24.3 Å². The Morgan fingerprint density at radius 2 is 2.06 bits per heavy atom. The fourth-order valence-corrected chi connectivity index (χ4v) is 5.41. The van der Waals surface area contributed by atoms with Crippen LogP contribution in [0.5, 0.6) is 0 Å². The quantitative estimate of drug-likeness (QED) is 0.422. The van der Waals surface area contributed by atoms with Gasteiger partial charge in [-0.2, -0.15) is 0 Å². The van der Waals surface area contributed by atoms with E-state index in [1.54, 1.807) is 0 Å². The molecule has 1 saturated carbocycles. The molecule has 0 aromatic rings. The number of carbonyl (C=O) groups is 1. The number of hydrogen-bond acceptors (Lipinski definition) is 3. The van der Waals surface area contributed by atoms with E-state index in [9.17, 15) is 4.79 Å². The van der Waals surface area contributed by atoms with Crippen LogP contribution in [0.1, 0.15) is 33.1 Å². The highest BCUT2D eigenvalue weighted by atomic mass is 28.3. The van der Waals surface area contributed by atoms with Crippen LogP contribution in [0.15, 0.2) is 5.16 Å². The Morgan fingerprint density at radius 1 is 1.44 bits per heavy atom. The first-order valence-electron chi connectivity index (χ1n) is 6.06. The molecule has 2 unspecified atom stereocenters. The van der Waals surface area contributed by atoms with Crippen molar-refractivity contribution in [2.24, 2.45) is 11.1 Å². The predicted molar refractivity (Wildman–Crippen MR) is 69.3 cm³/mol. The number of nitrogens with zero attached hydrogens (tertiary/aromatic N) is 1. The third kappa shape index (κ3) is 3.44. The molecular formula is C12H23NO2Si. The maximum Gasteiger partial charge on any atom is 0.331 e. The van der Waals surface area contributed by atoms with Crippen molar-refractivity contribution < 1.29 is 9.63 Å². The average molecular weight is 241 g/mol. The lowest BCUT2D eigenvalue weighted by Crippen LogP contribution is -2.38. The van der Waals surface area contributed by atoms with E-state index in [0.29, 0.717) is 5.92 Å². The Kier molecular flexibility index (Phi) is 4.30. The lowest BCUT2D eigenvalue weighted by atomic mass is 9.88. The minimum absolute atomic E-state index is 0.324. The van der Waals surface area contributed by atoms with Gasteiger partial charge in [-0.15, -0.1) is 0 Å². The van der Waals surface area contributed by atoms with Crippen molar-refractivity contribution in [3.63, 3.8) is 0 Å².